The highest BCUT2D eigenvalue weighted by atomic mass is 35.5. The third-order valence-electron chi connectivity index (χ3n) is 2.94. The lowest BCUT2D eigenvalue weighted by molar-refractivity contribution is -0.120. The fourth-order valence-corrected chi connectivity index (χ4v) is 1.57. The minimum Gasteiger partial charge on any atom is -0.317 e. The van der Waals surface area contributed by atoms with Gasteiger partial charge in [-0.1, -0.05) is 17.7 Å². The normalized spacial score (nSPS) is 16.2. The number of benzene rings is 1. The molecule has 1 aliphatic carbocycles. The van der Waals surface area contributed by atoms with Crippen molar-refractivity contribution in [3.63, 3.8) is 0 Å². The van der Waals surface area contributed by atoms with E-state index >= 15 is 0 Å². The maximum atomic E-state index is 11.9. The van der Waals surface area contributed by atoms with Crippen LogP contribution in [0.3, 0.4) is 0 Å². The highest BCUT2D eigenvalue weighted by molar-refractivity contribution is 6.01. The van der Waals surface area contributed by atoms with E-state index in [9.17, 15) is 4.79 Å². The molecule has 0 aromatic heterocycles. The first-order chi connectivity index (χ1) is 7.03. The lowest BCUT2D eigenvalue weighted by Crippen LogP contribution is -2.43. The maximum absolute atomic E-state index is 11.9. The molecule has 1 saturated carbocycles. The van der Waals surface area contributed by atoms with Gasteiger partial charge in [-0.05, 0) is 31.9 Å². The summed E-state index contributed by atoms with van der Waals surface area (Å²) in [5.41, 5.74) is 7.38. The Morgan fingerprint density at radius 3 is 2.25 bits per heavy atom. The van der Waals surface area contributed by atoms with Gasteiger partial charge in [-0.15, -0.1) is 12.4 Å². The van der Waals surface area contributed by atoms with E-state index < -0.39 is 5.54 Å². The van der Waals surface area contributed by atoms with Crippen molar-refractivity contribution in [2.45, 2.75) is 25.3 Å². The quantitative estimate of drug-likeness (QED) is 0.858. The molecule has 1 aromatic rings. The topological polar surface area (TPSA) is 46.3 Å². The first-order valence-corrected chi connectivity index (χ1v) is 5.17. The van der Waals surface area contributed by atoms with Crippen molar-refractivity contribution >= 4 is 24.0 Å². The van der Waals surface area contributed by atoms with Crippen LogP contribution >= 0.6 is 12.4 Å². The Labute approximate surface area is 102 Å². The molecular weight excluding hydrogens is 224 g/mol. The van der Waals surface area contributed by atoms with Gasteiger partial charge in [0.05, 0.1) is 5.54 Å². The summed E-state index contributed by atoms with van der Waals surface area (Å²) in [5.74, 6) is 0.0198. The van der Waals surface area contributed by atoms with Crippen molar-refractivity contribution in [2.24, 2.45) is 5.73 Å². The fourth-order valence-electron chi connectivity index (χ4n) is 1.57. The standard InChI is InChI=1S/C12H16N2O.ClH/c1-9-3-5-10(6-4-9)14(2)11(15)12(13)7-8-12;/h3-6H,7-8,13H2,1-2H3;1H. The predicted octanol–water partition coefficient (Wildman–Crippen LogP) is 1.87. The summed E-state index contributed by atoms with van der Waals surface area (Å²) in [6.07, 6.45) is 1.62. The number of anilines is 1. The molecule has 2 N–H and O–H groups in total. The van der Waals surface area contributed by atoms with E-state index in [4.69, 9.17) is 5.73 Å². The number of aryl methyl sites for hydroxylation is 1. The number of nitrogens with two attached hydrogens (primary N) is 1. The molecule has 1 amide bonds. The average molecular weight is 241 g/mol. The smallest absolute Gasteiger partial charge is 0.246 e. The number of halogens is 1. The van der Waals surface area contributed by atoms with Crippen molar-refractivity contribution in [3.8, 4) is 0 Å². The Hall–Kier alpha value is -1.06. The Morgan fingerprint density at radius 2 is 1.81 bits per heavy atom. The fraction of sp³-hybridized carbons (Fsp3) is 0.417. The summed E-state index contributed by atoms with van der Waals surface area (Å²) in [7, 11) is 1.78. The number of carbonyl (C=O) groups excluding carboxylic acids is 1. The van der Waals surface area contributed by atoms with Crippen LogP contribution in [0.1, 0.15) is 18.4 Å². The highest BCUT2D eigenvalue weighted by Crippen LogP contribution is 2.34. The van der Waals surface area contributed by atoms with Crippen molar-refractivity contribution < 1.29 is 4.79 Å². The molecule has 2 rings (SSSR count). The number of amides is 1. The summed E-state index contributed by atoms with van der Waals surface area (Å²) in [4.78, 5) is 13.6. The van der Waals surface area contributed by atoms with Crippen LogP contribution in [-0.2, 0) is 4.79 Å². The zero-order valence-electron chi connectivity index (χ0n) is 9.56. The number of rotatable bonds is 2. The lowest BCUT2D eigenvalue weighted by atomic mass is 10.2. The average Bonchev–Trinajstić information content (AvgIpc) is 2.97. The number of hydrogen-bond donors (Lipinski definition) is 1. The first-order valence-electron chi connectivity index (χ1n) is 5.17. The molecule has 1 fully saturated rings. The van der Waals surface area contributed by atoms with Crippen molar-refractivity contribution in [3.05, 3.63) is 29.8 Å². The molecule has 1 aromatic carbocycles. The Kier molecular flexibility index (Phi) is 3.61. The second-order valence-electron chi connectivity index (χ2n) is 4.36. The van der Waals surface area contributed by atoms with Crippen molar-refractivity contribution in [2.75, 3.05) is 11.9 Å². The highest BCUT2D eigenvalue weighted by Gasteiger charge is 2.47. The summed E-state index contributed by atoms with van der Waals surface area (Å²) in [6.45, 7) is 2.02. The SMILES string of the molecule is Cc1ccc(N(C)C(=O)C2(N)CC2)cc1.Cl. The van der Waals surface area contributed by atoms with E-state index in [1.54, 1.807) is 11.9 Å². The van der Waals surface area contributed by atoms with Crippen LogP contribution < -0.4 is 10.6 Å². The molecular formula is C12H17ClN2O. The second-order valence-corrected chi connectivity index (χ2v) is 4.36. The molecule has 1 aliphatic rings. The minimum absolute atomic E-state index is 0. The van der Waals surface area contributed by atoms with Crippen LogP contribution in [0.2, 0.25) is 0 Å². The molecule has 88 valence electrons. The van der Waals surface area contributed by atoms with E-state index in [0.29, 0.717) is 0 Å². The molecule has 0 bridgehead atoms. The molecule has 0 atom stereocenters. The zero-order chi connectivity index (χ0) is 11.1. The van der Waals surface area contributed by atoms with Gasteiger partial charge in [-0.2, -0.15) is 0 Å². The van der Waals surface area contributed by atoms with Gasteiger partial charge in [0.25, 0.3) is 0 Å². The Morgan fingerprint density at radius 1 is 1.31 bits per heavy atom. The summed E-state index contributed by atoms with van der Waals surface area (Å²) in [6, 6.07) is 7.88. The molecule has 0 spiro atoms. The summed E-state index contributed by atoms with van der Waals surface area (Å²) < 4.78 is 0. The second kappa shape index (κ2) is 4.44. The van der Waals surface area contributed by atoms with E-state index in [-0.39, 0.29) is 18.3 Å². The van der Waals surface area contributed by atoms with Crippen LogP contribution in [0.15, 0.2) is 24.3 Å². The number of likely N-dealkylation sites (N-methyl/N-ethyl adjacent to an activating group) is 1. The zero-order valence-corrected chi connectivity index (χ0v) is 10.4. The van der Waals surface area contributed by atoms with Crippen molar-refractivity contribution in [1.82, 2.24) is 0 Å². The molecule has 16 heavy (non-hydrogen) atoms. The number of nitrogens with zero attached hydrogens (tertiary/aromatic N) is 1. The van der Waals surface area contributed by atoms with Gasteiger partial charge in [0.2, 0.25) is 5.91 Å². The summed E-state index contributed by atoms with van der Waals surface area (Å²) in [5, 5.41) is 0. The number of hydrogen-bond acceptors (Lipinski definition) is 2. The van der Waals surface area contributed by atoms with Crippen LogP contribution in [0.25, 0.3) is 0 Å². The van der Waals surface area contributed by atoms with Gasteiger partial charge in [-0.25, -0.2) is 0 Å². The third kappa shape index (κ3) is 2.36. The predicted molar refractivity (Wildman–Crippen MR) is 68.0 cm³/mol. The van der Waals surface area contributed by atoms with Crippen molar-refractivity contribution in [1.29, 1.82) is 0 Å². The maximum Gasteiger partial charge on any atom is 0.246 e. The molecule has 3 nitrogen and oxygen atoms in total. The van der Waals surface area contributed by atoms with Crippen LogP contribution in [0.4, 0.5) is 5.69 Å². The molecule has 0 aliphatic heterocycles. The molecule has 0 heterocycles. The molecule has 0 unspecified atom stereocenters. The van der Waals surface area contributed by atoms with Gasteiger partial charge in [-0.3, -0.25) is 4.79 Å². The number of carbonyl (C=O) groups is 1. The van der Waals surface area contributed by atoms with Gasteiger partial charge < -0.3 is 10.6 Å². The summed E-state index contributed by atoms with van der Waals surface area (Å²) >= 11 is 0. The van der Waals surface area contributed by atoms with Gasteiger partial charge >= 0.3 is 0 Å². The Balaban J connectivity index is 0.00000128. The van der Waals surface area contributed by atoms with E-state index in [0.717, 1.165) is 18.5 Å². The van der Waals surface area contributed by atoms with E-state index in [2.05, 4.69) is 0 Å². The van der Waals surface area contributed by atoms with Crippen LogP contribution in [-0.4, -0.2) is 18.5 Å². The van der Waals surface area contributed by atoms with E-state index in [1.165, 1.54) is 5.56 Å². The monoisotopic (exact) mass is 240 g/mol. The van der Waals surface area contributed by atoms with Gasteiger partial charge in [0.15, 0.2) is 0 Å². The third-order valence-corrected chi connectivity index (χ3v) is 2.94. The first kappa shape index (κ1) is 13.0. The van der Waals surface area contributed by atoms with Crippen LogP contribution in [0, 0.1) is 6.92 Å². The molecule has 0 saturated heterocycles. The molecule has 0 radical (unpaired) electrons. The van der Waals surface area contributed by atoms with Gasteiger partial charge in [0.1, 0.15) is 0 Å². The van der Waals surface area contributed by atoms with Crippen LogP contribution in [0.5, 0.6) is 0 Å². The van der Waals surface area contributed by atoms with E-state index in [1.807, 2.05) is 31.2 Å². The largest absolute Gasteiger partial charge is 0.317 e. The lowest BCUT2D eigenvalue weighted by Gasteiger charge is -2.21. The molecule has 4 heteroatoms. The Bertz CT molecular complexity index is 385. The van der Waals surface area contributed by atoms with Gasteiger partial charge in [0, 0.05) is 12.7 Å². The minimum atomic E-state index is -0.584.